The third kappa shape index (κ3) is 3.85. The van der Waals surface area contributed by atoms with Gasteiger partial charge in [-0.3, -0.25) is 19.5 Å². The monoisotopic (exact) mass is 369 g/mol. The zero-order chi connectivity index (χ0) is 18.8. The van der Waals surface area contributed by atoms with Gasteiger partial charge in [0.25, 0.3) is 5.91 Å². The Morgan fingerprint density at radius 2 is 1.96 bits per heavy atom. The molecule has 0 unspecified atom stereocenters. The smallest absolute Gasteiger partial charge is 0.276 e. The average molecular weight is 369 g/mol. The van der Waals surface area contributed by atoms with Crippen LogP contribution in [-0.2, 0) is 11.3 Å². The molecule has 2 aliphatic rings. The fourth-order valence-corrected chi connectivity index (χ4v) is 3.56. The van der Waals surface area contributed by atoms with Gasteiger partial charge in [0.1, 0.15) is 5.76 Å². The lowest BCUT2D eigenvalue weighted by atomic mass is 9.97. The number of carbonyl (C=O) groups excluding carboxylic acids is 2. The van der Waals surface area contributed by atoms with Crippen LogP contribution in [0.4, 0.5) is 0 Å². The topological polar surface area (TPSA) is 82.8 Å². The Hall–Kier alpha value is -2.74. The van der Waals surface area contributed by atoms with Gasteiger partial charge < -0.3 is 14.3 Å². The van der Waals surface area contributed by atoms with Gasteiger partial charge in [0.2, 0.25) is 5.91 Å². The lowest BCUT2D eigenvalue weighted by Gasteiger charge is -2.42. The Kier molecular flexibility index (Phi) is 4.89. The van der Waals surface area contributed by atoms with Crippen LogP contribution in [0.3, 0.4) is 0 Å². The second-order valence-corrected chi connectivity index (χ2v) is 7.19. The van der Waals surface area contributed by atoms with Crippen molar-refractivity contribution in [3.63, 3.8) is 0 Å². The summed E-state index contributed by atoms with van der Waals surface area (Å²) in [6, 6.07) is 5.64. The number of hydrogen-bond donors (Lipinski definition) is 0. The summed E-state index contributed by atoms with van der Waals surface area (Å²) in [4.78, 5) is 35.0. The first-order chi connectivity index (χ1) is 13.1. The van der Waals surface area contributed by atoms with Crippen LogP contribution in [0.1, 0.15) is 21.8 Å². The Bertz CT molecular complexity index is 808. The molecule has 0 bridgehead atoms. The Balaban J connectivity index is 1.23. The summed E-state index contributed by atoms with van der Waals surface area (Å²) >= 11 is 0. The molecular formula is C19H23N5O3. The number of carbonyl (C=O) groups is 2. The van der Waals surface area contributed by atoms with E-state index in [1.807, 2.05) is 17.2 Å². The highest BCUT2D eigenvalue weighted by Crippen LogP contribution is 2.22. The lowest BCUT2D eigenvalue weighted by Crippen LogP contribution is -2.59. The van der Waals surface area contributed by atoms with E-state index >= 15 is 0 Å². The van der Waals surface area contributed by atoms with E-state index in [9.17, 15) is 9.59 Å². The maximum atomic E-state index is 12.7. The number of piperazine rings is 1. The quantitative estimate of drug-likeness (QED) is 0.793. The van der Waals surface area contributed by atoms with Crippen LogP contribution in [-0.4, -0.2) is 75.9 Å². The van der Waals surface area contributed by atoms with Gasteiger partial charge in [0, 0.05) is 64.3 Å². The number of hydrogen-bond acceptors (Lipinski definition) is 6. The Morgan fingerprint density at radius 3 is 2.59 bits per heavy atom. The molecular weight excluding hydrogens is 346 g/mol. The van der Waals surface area contributed by atoms with Crippen molar-refractivity contribution in [1.29, 1.82) is 0 Å². The normalized spacial score (nSPS) is 18.4. The minimum Gasteiger partial charge on any atom is -0.361 e. The number of nitrogens with zero attached hydrogens (tertiary/aromatic N) is 5. The number of aryl methyl sites for hydroxylation is 1. The molecule has 8 heteroatoms. The van der Waals surface area contributed by atoms with Crippen molar-refractivity contribution >= 4 is 11.8 Å². The zero-order valence-corrected chi connectivity index (χ0v) is 15.4. The standard InChI is InChI=1S/C19H23N5O3/c1-14-9-17(21-27-14)19(26)24-12-16(13-24)18(25)23-7-5-22(6-8-23)11-15-3-2-4-20-10-15/h2-4,9-10,16H,5-8,11-13H2,1H3. The SMILES string of the molecule is Cc1cc(C(=O)N2CC(C(=O)N3CCN(Cc4cccnc4)CC3)C2)no1. The van der Waals surface area contributed by atoms with Crippen molar-refractivity contribution in [2.45, 2.75) is 13.5 Å². The van der Waals surface area contributed by atoms with E-state index in [0.717, 1.165) is 32.7 Å². The maximum absolute atomic E-state index is 12.7. The largest absolute Gasteiger partial charge is 0.361 e. The predicted octanol–water partition coefficient (Wildman–Crippen LogP) is 0.794. The summed E-state index contributed by atoms with van der Waals surface area (Å²) in [5.41, 5.74) is 1.50. The Morgan fingerprint density at radius 1 is 1.19 bits per heavy atom. The van der Waals surface area contributed by atoms with E-state index in [0.29, 0.717) is 24.5 Å². The average Bonchev–Trinajstić information content (AvgIpc) is 3.08. The molecule has 0 N–H and O–H groups in total. The number of pyridine rings is 1. The molecule has 8 nitrogen and oxygen atoms in total. The van der Waals surface area contributed by atoms with E-state index < -0.39 is 0 Å². The first-order valence-electron chi connectivity index (χ1n) is 9.23. The molecule has 0 radical (unpaired) electrons. The zero-order valence-electron chi connectivity index (χ0n) is 15.4. The summed E-state index contributed by atoms with van der Waals surface area (Å²) in [6.07, 6.45) is 3.66. The van der Waals surface area contributed by atoms with Crippen LogP contribution >= 0.6 is 0 Å². The summed E-state index contributed by atoms with van der Waals surface area (Å²) in [7, 11) is 0. The van der Waals surface area contributed by atoms with Crippen molar-refractivity contribution < 1.29 is 14.1 Å². The molecule has 0 atom stereocenters. The first-order valence-corrected chi connectivity index (χ1v) is 9.23. The number of aromatic nitrogens is 2. The van der Waals surface area contributed by atoms with Gasteiger partial charge in [-0.1, -0.05) is 11.2 Å². The predicted molar refractivity (Wildman–Crippen MR) is 96.7 cm³/mol. The van der Waals surface area contributed by atoms with Gasteiger partial charge in [-0.25, -0.2) is 0 Å². The van der Waals surface area contributed by atoms with E-state index in [1.54, 1.807) is 24.1 Å². The van der Waals surface area contributed by atoms with Crippen molar-refractivity contribution in [2.75, 3.05) is 39.3 Å². The van der Waals surface area contributed by atoms with Crippen molar-refractivity contribution in [2.24, 2.45) is 5.92 Å². The third-order valence-electron chi connectivity index (χ3n) is 5.18. The Labute approximate surface area is 157 Å². The van der Waals surface area contributed by atoms with Crippen molar-refractivity contribution in [3.8, 4) is 0 Å². The highest BCUT2D eigenvalue weighted by molar-refractivity contribution is 5.94. The molecule has 142 valence electrons. The van der Waals surface area contributed by atoms with Gasteiger partial charge in [0.15, 0.2) is 5.69 Å². The van der Waals surface area contributed by atoms with Crippen LogP contribution < -0.4 is 0 Å². The molecule has 0 aliphatic carbocycles. The minimum absolute atomic E-state index is 0.105. The number of rotatable bonds is 4. The molecule has 0 spiro atoms. The van der Waals surface area contributed by atoms with E-state index in [-0.39, 0.29) is 17.7 Å². The summed E-state index contributed by atoms with van der Waals surface area (Å²) in [5, 5.41) is 3.75. The molecule has 2 fully saturated rings. The van der Waals surface area contributed by atoms with Crippen LogP contribution in [0.2, 0.25) is 0 Å². The highest BCUT2D eigenvalue weighted by atomic mass is 16.5. The molecule has 2 aromatic heterocycles. The molecule has 4 heterocycles. The van der Waals surface area contributed by atoms with Crippen molar-refractivity contribution in [1.82, 2.24) is 24.8 Å². The summed E-state index contributed by atoms with van der Waals surface area (Å²) < 4.78 is 4.95. The number of amides is 2. The van der Waals surface area contributed by atoms with Crippen LogP contribution in [0.5, 0.6) is 0 Å². The molecule has 2 amide bonds. The van der Waals surface area contributed by atoms with E-state index in [1.165, 1.54) is 5.56 Å². The van der Waals surface area contributed by atoms with Gasteiger partial charge in [-0.2, -0.15) is 0 Å². The molecule has 2 saturated heterocycles. The molecule has 2 aromatic rings. The molecule has 27 heavy (non-hydrogen) atoms. The molecule has 2 aliphatic heterocycles. The molecule has 4 rings (SSSR count). The van der Waals surface area contributed by atoms with Crippen LogP contribution in [0.15, 0.2) is 35.1 Å². The first kappa shape index (κ1) is 17.7. The maximum Gasteiger partial charge on any atom is 0.276 e. The van der Waals surface area contributed by atoms with Gasteiger partial charge in [-0.15, -0.1) is 0 Å². The van der Waals surface area contributed by atoms with E-state index in [2.05, 4.69) is 21.1 Å². The second kappa shape index (κ2) is 7.48. The van der Waals surface area contributed by atoms with Crippen LogP contribution in [0, 0.1) is 12.8 Å². The fraction of sp³-hybridized carbons (Fsp3) is 0.474. The fourth-order valence-electron chi connectivity index (χ4n) is 3.56. The van der Waals surface area contributed by atoms with Crippen molar-refractivity contribution in [3.05, 3.63) is 47.6 Å². The van der Waals surface area contributed by atoms with E-state index in [4.69, 9.17) is 4.52 Å². The van der Waals surface area contributed by atoms with Gasteiger partial charge in [-0.05, 0) is 18.6 Å². The minimum atomic E-state index is -0.169. The van der Waals surface area contributed by atoms with Gasteiger partial charge in [0.05, 0.1) is 5.92 Å². The summed E-state index contributed by atoms with van der Waals surface area (Å²) in [5.74, 6) is 0.482. The number of likely N-dealkylation sites (tertiary alicyclic amines) is 1. The lowest BCUT2D eigenvalue weighted by molar-refractivity contribution is -0.141. The second-order valence-electron chi connectivity index (χ2n) is 7.19. The summed E-state index contributed by atoms with van der Waals surface area (Å²) in [6.45, 7) is 6.69. The molecule has 0 saturated carbocycles. The van der Waals surface area contributed by atoms with Crippen LogP contribution in [0.25, 0.3) is 0 Å². The molecule has 0 aromatic carbocycles. The third-order valence-corrected chi connectivity index (χ3v) is 5.18. The van der Waals surface area contributed by atoms with Gasteiger partial charge >= 0.3 is 0 Å². The highest BCUT2D eigenvalue weighted by Gasteiger charge is 2.39.